The summed E-state index contributed by atoms with van der Waals surface area (Å²) in [7, 11) is 1.53. The van der Waals surface area contributed by atoms with Crippen LogP contribution in [0, 0.1) is 0 Å². The maximum atomic E-state index is 8.10. The normalized spacial score (nSPS) is 10.3. The number of ether oxygens (including phenoxy) is 1. The summed E-state index contributed by atoms with van der Waals surface area (Å²) in [6.45, 7) is 0. The van der Waals surface area contributed by atoms with Crippen LogP contribution in [-0.2, 0) is 0 Å². The molecule has 0 amide bonds. The van der Waals surface area contributed by atoms with Crippen LogP contribution in [0.2, 0.25) is 0 Å². The van der Waals surface area contributed by atoms with E-state index in [0.29, 0.717) is 11.4 Å². The third-order valence-corrected chi connectivity index (χ3v) is 1.12. The molecule has 0 fully saturated rings. The van der Waals surface area contributed by atoms with Crippen molar-refractivity contribution in [1.29, 1.82) is 0 Å². The van der Waals surface area contributed by atoms with Crippen LogP contribution < -0.4 is 4.74 Å². The van der Waals surface area contributed by atoms with Gasteiger partial charge in [-0.25, -0.2) is 4.98 Å². The van der Waals surface area contributed by atoms with Crippen molar-refractivity contribution >= 4 is 6.21 Å². The van der Waals surface area contributed by atoms with Gasteiger partial charge in [-0.2, -0.15) is 0 Å². The van der Waals surface area contributed by atoms with E-state index in [9.17, 15) is 0 Å². The summed E-state index contributed by atoms with van der Waals surface area (Å²) < 4.78 is 4.82. The molecule has 0 aliphatic heterocycles. The van der Waals surface area contributed by atoms with E-state index in [1.54, 1.807) is 12.1 Å². The van der Waals surface area contributed by atoms with Crippen molar-refractivity contribution in [2.45, 2.75) is 0 Å². The molecule has 0 aliphatic rings. The van der Waals surface area contributed by atoms with Gasteiger partial charge in [-0.05, 0) is 6.07 Å². The van der Waals surface area contributed by atoms with Crippen LogP contribution in [0.4, 0.5) is 0 Å². The lowest BCUT2D eigenvalue weighted by atomic mass is 10.3. The molecule has 0 unspecified atom stereocenters. The van der Waals surface area contributed by atoms with E-state index in [1.807, 2.05) is 0 Å². The number of rotatable bonds is 2. The Bertz CT molecular complexity index is 243. The second-order valence-corrected chi connectivity index (χ2v) is 1.80. The van der Waals surface area contributed by atoms with E-state index in [0.717, 1.165) is 0 Å². The van der Waals surface area contributed by atoms with Crippen LogP contribution in [0.1, 0.15) is 5.56 Å². The zero-order valence-corrected chi connectivity index (χ0v) is 5.98. The SMILES string of the molecule is COc1ccc(/[C]=N/O)cn1. The average Bonchev–Trinajstić information content (AvgIpc) is 2.07. The molecular weight excluding hydrogens is 144 g/mol. The molecule has 1 rings (SSSR count). The predicted molar refractivity (Wildman–Crippen MR) is 39.1 cm³/mol. The molecule has 4 heteroatoms. The monoisotopic (exact) mass is 151 g/mol. The Hall–Kier alpha value is -1.58. The van der Waals surface area contributed by atoms with Gasteiger partial charge in [-0.1, -0.05) is 5.16 Å². The van der Waals surface area contributed by atoms with Crippen molar-refractivity contribution in [3.63, 3.8) is 0 Å². The maximum Gasteiger partial charge on any atom is 0.212 e. The molecule has 0 bridgehead atoms. The van der Waals surface area contributed by atoms with E-state index in [-0.39, 0.29) is 0 Å². The molecule has 1 N–H and O–H groups in total. The Morgan fingerprint density at radius 2 is 2.45 bits per heavy atom. The number of hydrogen-bond donors (Lipinski definition) is 1. The van der Waals surface area contributed by atoms with Crippen LogP contribution in [-0.4, -0.2) is 23.5 Å². The molecule has 0 saturated carbocycles. The minimum absolute atomic E-state index is 0.522. The largest absolute Gasteiger partial charge is 0.481 e. The Labute approximate surface area is 64.1 Å². The number of hydrogen-bond acceptors (Lipinski definition) is 4. The molecule has 11 heavy (non-hydrogen) atoms. The molecule has 0 aliphatic carbocycles. The van der Waals surface area contributed by atoms with Crippen molar-refractivity contribution in [1.82, 2.24) is 4.98 Å². The van der Waals surface area contributed by atoms with E-state index >= 15 is 0 Å². The van der Waals surface area contributed by atoms with Gasteiger partial charge in [0.1, 0.15) is 6.21 Å². The average molecular weight is 151 g/mol. The second-order valence-electron chi connectivity index (χ2n) is 1.80. The van der Waals surface area contributed by atoms with E-state index < -0.39 is 0 Å². The lowest BCUT2D eigenvalue weighted by Crippen LogP contribution is -1.88. The fraction of sp³-hybridized carbons (Fsp3) is 0.143. The van der Waals surface area contributed by atoms with Gasteiger partial charge < -0.3 is 9.94 Å². The summed E-state index contributed by atoms with van der Waals surface area (Å²) in [6, 6.07) is 3.35. The third kappa shape index (κ3) is 1.93. The molecule has 0 atom stereocenters. The molecule has 1 heterocycles. The highest BCUT2D eigenvalue weighted by atomic mass is 16.5. The molecule has 1 aromatic heterocycles. The van der Waals surface area contributed by atoms with Gasteiger partial charge in [0.25, 0.3) is 0 Å². The smallest absolute Gasteiger partial charge is 0.212 e. The van der Waals surface area contributed by atoms with Gasteiger partial charge in [-0.15, -0.1) is 0 Å². The highest BCUT2D eigenvalue weighted by Gasteiger charge is 1.91. The van der Waals surface area contributed by atoms with Gasteiger partial charge in [0.2, 0.25) is 5.88 Å². The maximum absolute atomic E-state index is 8.10. The van der Waals surface area contributed by atoms with Crippen molar-refractivity contribution in [3.05, 3.63) is 23.9 Å². The molecule has 0 aromatic carbocycles. The number of methoxy groups -OCH3 is 1. The van der Waals surface area contributed by atoms with Crippen LogP contribution in [0.5, 0.6) is 5.88 Å². The first-order chi connectivity index (χ1) is 5.36. The minimum atomic E-state index is 0.522. The Kier molecular flexibility index (Phi) is 2.43. The summed E-state index contributed by atoms with van der Waals surface area (Å²) in [5.41, 5.74) is 0.605. The molecule has 1 aromatic rings. The topological polar surface area (TPSA) is 54.7 Å². The first-order valence-corrected chi connectivity index (χ1v) is 2.97. The molecule has 1 radical (unpaired) electrons. The summed E-state index contributed by atoms with van der Waals surface area (Å²) in [6.07, 6.45) is 3.82. The van der Waals surface area contributed by atoms with Crippen LogP contribution in [0.25, 0.3) is 0 Å². The van der Waals surface area contributed by atoms with Crippen molar-refractivity contribution in [2.75, 3.05) is 7.11 Å². The van der Waals surface area contributed by atoms with Gasteiger partial charge in [-0.3, -0.25) is 0 Å². The summed E-state index contributed by atoms with van der Waals surface area (Å²) in [5, 5.41) is 10.8. The number of aromatic nitrogens is 1. The molecule has 57 valence electrons. The van der Waals surface area contributed by atoms with E-state index in [2.05, 4.69) is 16.4 Å². The van der Waals surface area contributed by atoms with Crippen molar-refractivity contribution < 1.29 is 9.94 Å². The molecule has 4 nitrogen and oxygen atoms in total. The first kappa shape index (κ1) is 7.53. The zero-order chi connectivity index (χ0) is 8.10. The lowest BCUT2D eigenvalue weighted by Gasteiger charge is -1.95. The second kappa shape index (κ2) is 3.55. The van der Waals surface area contributed by atoms with Gasteiger partial charge in [0, 0.05) is 17.8 Å². The van der Waals surface area contributed by atoms with Gasteiger partial charge in [0.05, 0.1) is 7.11 Å². The third-order valence-electron chi connectivity index (χ3n) is 1.12. The summed E-state index contributed by atoms with van der Waals surface area (Å²) in [5.74, 6) is 0.522. The molecule has 0 saturated heterocycles. The highest BCUT2D eigenvalue weighted by molar-refractivity contribution is 5.78. The number of pyridine rings is 1. The first-order valence-electron chi connectivity index (χ1n) is 2.97. The zero-order valence-electron chi connectivity index (χ0n) is 5.98. The fourth-order valence-corrected chi connectivity index (χ4v) is 0.625. The van der Waals surface area contributed by atoms with Gasteiger partial charge in [0.15, 0.2) is 0 Å². The summed E-state index contributed by atoms with van der Waals surface area (Å²) in [4.78, 5) is 3.86. The van der Waals surface area contributed by atoms with Crippen LogP contribution in [0.3, 0.4) is 0 Å². The van der Waals surface area contributed by atoms with Crippen LogP contribution >= 0.6 is 0 Å². The standard InChI is InChI=1S/C7H7N2O2/c1-11-7-3-2-6(4-8-7)5-9-10/h2-4,10H,1H3. The minimum Gasteiger partial charge on any atom is -0.481 e. The van der Waals surface area contributed by atoms with Crippen LogP contribution in [0.15, 0.2) is 23.5 Å². The molecule has 0 spiro atoms. The van der Waals surface area contributed by atoms with Gasteiger partial charge >= 0.3 is 0 Å². The highest BCUT2D eigenvalue weighted by Crippen LogP contribution is 2.04. The fourth-order valence-electron chi connectivity index (χ4n) is 0.625. The predicted octanol–water partition coefficient (Wildman–Crippen LogP) is 0.775. The Morgan fingerprint density at radius 1 is 1.64 bits per heavy atom. The summed E-state index contributed by atoms with van der Waals surface area (Å²) >= 11 is 0. The Balaban J connectivity index is 2.82. The quantitative estimate of drug-likeness (QED) is 0.386. The number of nitrogens with zero attached hydrogens (tertiary/aromatic N) is 2. The lowest BCUT2D eigenvalue weighted by molar-refractivity contribution is 0.322. The van der Waals surface area contributed by atoms with Crippen molar-refractivity contribution in [3.8, 4) is 5.88 Å². The van der Waals surface area contributed by atoms with E-state index in [1.165, 1.54) is 13.3 Å². The molecular formula is C7H7N2O2. The Morgan fingerprint density at radius 3 is 2.91 bits per heavy atom. The van der Waals surface area contributed by atoms with E-state index in [4.69, 9.17) is 9.94 Å². The van der Waals surface area contributed by atoms with Crippen molar-refractivity contribution in [2.24, 2.45) is 5.16 Å².